The number of amides is 1. The normalized spacial score (nSPS) is 29.2. The van der Waals surface area contributed by atoms with Gasteiger partial charge in [0.05, 0.1) is 25.1 Å². The van der Waals surface area contributed by atoms with Gasteiger partial charge in [0.15, 0.2) is 0 Å². The van der Waals surface area contributed by atoms with Crippen LogP contribution in [0, 0.1) is 5.92 Å². The smallest absolute Gasteiger partial charge is 0.310 e. The van der Waals surface area contributed by atoms with Gasteiger partial charge >= 0.3 is 5.97 Å². The third kappa shape index (κ3) is 3.45. The predicted molar refractivity (Wildman–Crippen MR) is 67.3 cm³/mol. The second kappa shape index (κ2) is 6.03. The number of alkyl halides is 2. The first-order valence-corrected chi connectivity index (χ1v) is 6.99. The number of likely N-dealkylation sites (tertiary alicyclic amines) is 1. The van der Waals surface area contributed by atoms with Gasteiger partial charge in [0.2, 0.25) is 5.91 Å². The molecular formula is C13H20F2N2O3. The first-order valence-electron chi connectivity index (χ1n) is 6.99. The van der Waals surface area contributed by atoms with Crippen molar-refractivity contribution in [3.8, 4) is 0 Å². The fraction of sp³-hybridized carbons (Fsp3) is 0.846. The van der Waals surface area contributed by atoms with Gasteiger partial charge < -0.3 is 9.64 Å². The summed E-state index contributed by atoms with van der Waals surface area (Å²) in [6.07, 6.45) is 0.904. The molecule has 2 aliphatic heterocycles. The van der Waals surface area contributed by atoms with E-state index in [0.717, 1.165) is 0 Å². The minimum Gasteiger partial charge on any atom is -0.466 e. The molecule has 2 fully saturated rings. The van der Waals surface area contributed by atoms with E-state index in [1.54, 1.807) is 6.92 Å². The lowest BCUT2D eigenvalue weighted by Crippen LogP contribution is -2.49. The van der Waals surface area contributed by atoms with Gasteiger partial charge in [-0.3, -0.25) is 14.9 Å². The van der Waals surface area contributed by atoms with E-state index in [2.05, 4.69) is 5.32 Å². The Balaban J connectivity index is 1.92. The molecule has 0 radical (unpaired) electrons. The number of nitrogens with one attached hydrogen (secondary N) is 1. The standard InChI is InChI=1S/C13H20F2N2O3/c1-2-20-12(19)9-4-3-5-17(7-9)11(18)10-6-13(14,15)8-16-10/h9-10,16H,2-8H2,1H3. The minimum absolute atomic E-state index is 0.265. The van der Waals surface area contributed by atoms with Crippen molar-refractivity contribution in [1.82, 2.24) is 10.2 Å². The lowest BCUT2D eigenvalue weighted by molar-refractivity contribution is -0.151. The van der Waals surface area contributed by atoms with Gasteiger partial charge in [-0.05, 0) is 19.8 Å². The largest absolute Gasteiger partial charge is 0.466 e. The zero-order valence-electron chi connectivity index (χ0n) is 11.5. The third-order valence-corrected chi connectivity index (χ3v) is 3.76. The number of piperidine rings is 1. The van der Waals surface area contributed by atoms with Crippen LogP contribution in [-0.4, -0.2) is 55.0 Å². The monoisotopic (exact) mass is 290 g/mol. The van der Waals surface area contributed by atoms with E-state index in [-0.39, 0.29) is 24.3 Å². The van der Waals surface area contributed by atoms with E-state index < -0.39 is 24.9 Å². The Kier molecular flexibility index (Phi) is 4.57. The maximum absolute atomic E-state index is 13.1. The number of rotatable bonds is 3. The average molecular weight is 290 g/mol. The van der Waals surface area contributed by atoms with Crippen LogP contribution in [0.2, 0.25) is 0 Å². The molecule has 0 aromatic carbocycles. The molecule has 2 aliphatic rings. The Morgan fingerprint density at radius 2 is 2.20 bits per heavy atom. The number of hydrogen-bond acceptors (Lipinski definition) is 4. The SMILES string of the molecule is CCOC(=O)C1CCCN(C(=O)C2CC(F)(F)CN2)C1. The van der Waals surface area contributed by atoms with E-state index in [4.69, 9.17) is 4.74 Å². The van der Waals surface area contributed by atoms with Crippen molar-refractivity contribution in [3.05, 3.63) is 0 Å². The fourth-order valence-electron chi connectivity index (χ4n) is 2.74. The topological polar surface area (TPSA) is 58.6 Å². The van der Waals surface area contributed by atoms with Crippen molar-refractivity contribution < 1.29 is 23.1 Å². The molecule has 1 N–H and O–H groups in total. The number of halogens is 2. The third-order valence-electron chi connectivity index (χ3n) is 3.76. The number of ether oxygens (including phenoxy) is 1. The first kappa shape index (κ1) is 15.2. The highest BCUT2D eigenvalue weighted by molar-refractivity contribution is 5.83. The molecule has 7 heteroatoms. The molecule has 2 atom stereocenters. The molecule has 0 bridgehead atoms. The molecule has 0 aromatic rings. The van der Waals surface area contributed by atoms with Gasteiger partial charge in [-0.25, -0.2) is 8.78 Å². The lowest BCUT2D eigenvalue weighted by Gasteiger charge is -2.33. The van der Waals surface area contributed by atoms with Crippen molar-refractivity contribution in [2.45, 2.75) is 38.2 Å². The molecule has 5 nitrogen and oxygen atoms in total. The van der Waals surface area contributed by atoms with Crippen molar-refractivity contribution >= 4 is 11.9 Å². The van der Waals surface area contributed by atoms with E-state index in [0.29, 0.717) is 26.0 Å². The summed E-state index contributed by atoms with van der Waals surface area (Å²) in [4.78, 5) is 25.4. The van der Waals surface area contributed by atoms with Crippen LogP contribution in [0.25, 0.3) is 0 Å². The van der Waals surface area contributed by atoms with Crippen LogP contribution in [0.5, 0.6) is 0 Å². The quantitative estimate of drug-likeness (QED) is 0.781. The van der Waals surface area contributed by atoms with Crippen LogP contribution in [0.1, 0.15) is 26.2 Å². The number of carbonyl (C=O) groups excluding carboxylic acids is 2. The summed E-state index contributed by atoms with van der Waals surface area (Å²) in [5, 5.41) is 2.56. The number of esters is 1. The molecule has 1 amide bonds. The van der Waals surface area contributed by atoms with Crippen molar-refractivity contribution in [3.63, 3.8) is 0 Å². The summed E-state index contributed by atoms with van der Waals surface area (Å²) < 4.78 is 31.2. The van der Waals surface area contributed by atoms with Crippen LogP contribution in [-0.2, 0) is 14.3 Å². The van der Waals surface area contributed by atoms with E-state index >= 15 is 0 Å². The maximum atomic E-state index is 13.1. The van der Waals surface area contributed by atoms with E-state index in [1.165, 1.54) is 4.90 Å². The highest BCUT2D eigenvalue weighted by Crippen LogP contribution is 2.27. The number of hydrogen-bond donors (Lipinski definition) is 1. The van der Waals surface area contributed by atoms with Gasteiger partial charge in [0, 0.05) is 19.5 Å². The molecule has 20 heavy (non-hydrogen) atoms. The summed E-state index contributed by atoms with van der Waals surface area (Å²) in [5.41, 5.74) is 0. The van der Waals surface area contributed by atoms with Crippen molar-refractivity contribution in [1.29, 1.82) is 0 Å². The molecule has 114 valence electrons. The molecule has 2 rings (SSSR count). The van der Waals surface area contributed by atoms with Crippen molar-refractivity contribution in [2.75, 3.05) is 26.2 Å². The molecule has 0 saturated carbocycles. The molecule has 0 spiro atoms. The Morgan fingerprint density at radius 3 is 2.80 bits per heavy atom. The lowest BCUT2D eigenvalue weighted by atomic mass is 9.97. The summed E-state index contributed by atoms with van der Waals surface area (Å²) in [7, 11) is 0. The van der Waals surface area contributed by atoms with Crippen LogP contribution in [0.15, 0.2) is 0 Å². The molecule has 0 aromatic heterocycles. The Hall–Kier alpha value is -1.24. The summed E-state index contributed by atoms with van der Waals surface area (Å²) in [6.45, 7) is 2.35. The molecule has 2 heterocycles. The highest BCUT2D eigenvalue weighted by atomic mass is 19.3. The van der Waals surface area contributed by atoms with Gasteiger partial charge in [0.25, 0.3) is 5.92 Å². The molecule has 2 saturated heterocycles. The summed E-state index contributed by atoms with van der Waals surface area (Å²) in [6, 6.07) is -0.842. The average Bonchev–Trinajstić information content (AvgIpc) is 2.79. The van der Waals surface area contributed by atoms with Crippen LogP contribution < -0.4 is 5.32 Å². The summed E-state index contributed by atoms with van der Waals surface area (Å²) in [5.74, 6) is -3.81. The second-order valence-electron chi connectivity index (χ2n) is 5.37. The fourth-order valence-corrected chi connectivity index (χ4v) is 2.74. The molecular weight excluding hydrogens is 270 g/mol. The highest BCUT2D eigenvalue weighted by Gasteiger charge is 2.44. The Labute approximate surface area is 116 Å². The van der Waals surface area contributed by atoms with Gasteiger partial charge in [-0.2, -0.15) is 0 Å². The Bertz CT molecular complexity index is 390. The van der Waals surface area contributed by atoms with Crippen molar-refractivity contribution in [2.24, 2.45) is 5.92 Å². The maximum Gasteiger partial charge on any atom is 0.310 e. The molecule has 2 unspecified atom stereocenters. The van der Waals surface area contributed by atoms with E-state index in [9.17, 15) is 18.4 Å². The van der Waals surface area contributed by atoms with E-state index in [1.807, 2.05) is 0 Å². The number of carbonyl (C=O) groups is 2. The second-order valence-corrected chi connectivity index (χ2v) is 5.37. The predicted octanol–water partition coefficient (Wildman–Crippen LogP) is 0.785. The first-order chi connectivity index (χ1) is 9.43. The van der Waals surface area contributed by atoms with Crippen LogP contribution in [0.4, 0.5) is 8.78 Å². The van der Waals surface area contributed by atoms with Gasteiger partial charge in [0.1, 0.15) is 0 Å². The minimum atomic E-state index is -2.82. The van der Waals surface area contributed by atoms with Gasteiger partial charge in [-0.15, -0.1) is 0 Å². The van der Waals surface area contributed by atoms with Crippen LogP contribution >= 0.6 is 0 Å². The molecule has 0 aliphatic carbocycles. The summed E-state index contributed by atoms with van der Waals surface area (Å²) >= 11 is 0. The zero-order chi connectivity index (χ0) is 14.8. The Morgan fingerprint density at radius 1 is 1.45 bits per heavy atom. The van der Waals surface area contributed by atoms with Gasteiger partial charge in [-0.1, -0.05) is 0 Å². The van der Waals surface area contributed by atoms with Crippen LogP contribution in [0.3, 0.4) is 0 Å². The zero-order valence-corrected chi connectivity index (χ0v) is 11.5. The number of nitrogens with zero attached hydrogens (tertiary/aromatic N) is 1.